The maximum absolute atomic E-state index is 13.0. The molecule has 236 valence electrons. The number of hydrogen-bond acceptors (Lipinski definition) is 7. The summed E-state index contributed by atoms with van der Waals surface area (Å²) in [6.45, 7) is 10.6. The third kappa shape index (κ3) is 3.97. The molecule has 0 radical (unpaired) electrons. The zero-order chi connectivity index (χ0) is 30.6. The van der Waals surface area contributed by atoms with Crippen molar-refractivity contribution in [2.75, 3.05) is 20.2 Å². The van der Waals surface area contributed by atoms with Crippen molar-refractivity contribution in [3.8, 4) is 11.5 Å². The van der Waals surface area contributed by atoms with E-state index in [2.05, 4.69) is 31.7 Å². The molecule has 2 N–H and O–H groups in total. The van der Waals surface area contributed by atoms with Crippen molar-refractivity contribution in [1.82, 2.24) is 4.90 Å². The molecule has 43 heavy (non-hydrogen) atoms. The van der Waals surface area contributed by atoms with Crippen LogP contribution < -0.4 is 9.47 Å². The molecule has 1 aromatic carbocycles. The number of esters is 1. The molecular formula is C35H49NO7. The van der Waals surface area contributed by atoms with Gasteiger partial charge in [-0.25, -0.2) is 0 Å². The van der Waals surface area contributed by atoms with Crippen molar-refractivity contribution >= 4 is 11.9 Å². The van der Waals surface area contributed by atoms with Crippen LogP contribution in [0.2, 0.25) is 0 Å². The van der Waals surface area contributed by atoms with Crippen LogP contribution in [-0.2, 0) is 26.2 Å². The largest absolute Gasteiger partial charge is 0.482 e. The molecule has 4 saturated carbocycles. The molecule has 0 amide bonds. The summed E-state index contributed by atoms with van der Waals surface area (Å²) in [4.78, 5) is 26.7. The lowest BCUT2D eigenvalue weighted by Crippen LogP contribution is -2.83. The van der Waals surface area contributed by atoms with Gasteiger partial charge in [0.2, 0.25) is 0 Å². The summed E-state index contributed by atoms with van der Waals surface area (Å²) < 4.78 is 19.8. The fourth-order valence-electron chi connectivity index (χ4n) is 10.4. The minimum absolute atomic E-state index is 0.0459. The molecule has 7 atom stereocenters. The van der Waals surface area contributed by atoms with Gasteiger partial charge in [0.15, 0.2) is 11.5 Å². The second kappa shape index (κ2) is 9.67. The topological polar surface area (TPSA) is 106 Å². The predicted octanol–water partition coefficient (Wildman–Crippen LogP) is 5.26. The van der Waals surface area contributed by atoms with Gasteiger partial charge >= 0.3 is 11.9 Å². The molecule has 4 bridgehead atoms. The molecule has 1 saturated heterocycles. The van der Waals surface area contributed by atoms with Crippen LogP contribution in [0.5, 0.6) is 11.5 Å². The molecule has 2 aliphatic heterocycles. The number of carbonyl (C=O) groups excluding carboxylic acids is 1. The number of carbonyl (C=O) groups is 2. The van der Waals surface area contributed by atoms with Crippen LogP contribution in [0.3, 0.4) is 0 Å². The number of aliphatic carboxylic acids is 1. The maximum atomic E-state index is 13.0. The smallest absolute Gasteiger partial charge is 0.311 e. The third-order valence-electron chi connectivity index (χ3n) is 13.1. The monoisotopic (exact) mass is 595 g/mol. The van der Waals surface area contributed by atoms with Gasteiger partial charge in [-0.1, -0.05) is 26.8 Å². The summed E-state index contributed by atoms with van der Waals surface area (Å²) in [5.41, 5.74) is 0.176. The van der Waals surface area contributed by atoms with E-state index in [0.717, 1.165) is 51.1 Å². The number of aliphatic hydroxyl groups is 1. The number of carboxylic acids is 1. The van der Waals surface area contributed by atoms with Gasteiger partial charge in [0, 0.05) is 54.8 Å². The maximum Gasteiger partial charge on any atom is 0.311 e. The Kier molecular flexibility index (Phi) is 6.64. The fourth-order valence-corrected chi connectivity index (χ4v) is 10.4. The highest BCUT2D eigenvalue weighted by Crippen LogP contribution is 2.78. The lowest BCUT2D eigenvalue weighted by atomic mass is 9.33. The van der Waals surface area contributed by atoms with Crippen molar-refractivity contribution < 1.29 is 34.0 Å². The van der Waals surface area contributed by atoms with Crippen LogP contribution in [-0.4, -0.2) is 70.6 Å². The van der Waals surface area contributed by atoms with Gasteiger partial charge in [-0.15, -0.1) is 0 Å². The molecule has 0 aromatic heterocycles. The molecule has 8 heteroatoms. The van der Waals surface area contributed by atoms with Crippen LogP contribution in [0.25, 0.3) is 0 Å². The molecular weight excluding hydrogens is 546 g/mol. The number of fused-ring (bicyclic) bond motifs is 2. The number of benzene rings is 1. The Labute approximate surface area is 255 Å². The number of likely N-dealkylation sites (tertiary alicyclic amines) is 1. The summed E-state index contributed by atoms with van der Waals surface area (Å²) in [6.07, 6.45) is 8.18. The number of nitrogens with zero attached hydrogens (tertiary/aromatic N) is 1. The van der Waals surface area contributed by atoms with Crippen LogP contribution in [0.4, 0.5) is 0 Å². The first kappa shape index (κ1) is 29.5. The van der Waals surface area contributed by atoms with Gasteiger partial charge in [-0.3, -0.25) is 14.5 Å². The molecule has 1 unspecified atom stereocenters. The number of rotatable bonds is 10. The van der Waals surface area contributed by atoms with Gasteiger partial charge in [0.25, 0.3) is 0 Å². The molecule has 7 aliphatic rings. The minimum Gasteiger partial charge on any atom is -0.482 e. The quantitative estimate of drug-likeness (QED) is 0.215. The van der Waals surface area contributed by atoms with Crippen LogP contribution in [0.15, 0.2) is 12.1 Å². The molecule has 8 nitrogen and oxygen atoms in total. The van der Waals surface area contributed by atoms with Crippen molar-refractivity contribution in [2.45, 2.75) is 127 Å². The van der Waals surface area contributed by atoms with E-state index in [9.17, 15) is 14.7 Å². The van der Waals surface area contributed by atoms with E-state index in [4.69, 9.17) is 19.3 Å². The normalized spacial score (nSPS) is 36.9. The number of piperidine rings is 1. The Morgan fingerprint density at radius 2 is 1.84 bits per heavy atom. The average Bonchev–Trinajstić information content (AvgIpc) is 3.69. The molecule has 2 spiro atoms. The Bertz CT molecular complexity index is 1330. The van der Waals surface area contributed by atoms with Crippen molar-refractivity contribution in [3.63, 3.8) is 0 Å². The Morgan fingerprint density at radius 3 is 2.51 bits per heavy atom. The lowest BCUT2D eigenvalue weighted by molar-refractivity contribution is -0.312. The second-order valence-electron chi connectivity index (χ2n) is 15.8. The second-order valence-corrected chi connectivity index (χ2v) is 15.8. The number of ether oxygens (including phenoxy) is 3. The van der Waals surface area contributed by atoms with Gasteiger partial charge < -0.3 is 24.4 Å². The van der Waals surface area contributed by atoms with Crippen molar-refractivity contribution in [2.24, 2.45) is 22.7 Å². The Hall–Kier alpha value is -2.16. The zero-order valence-electron chi connectivity index (χ0n) is 26.5. The van der Waals surface area contributed by atoms with Gasteiger partial charge in [0.1, 0.15) is 11.7 Å². The van der Waals surface area contributed by atoms with Crippen molar-refractivity contribution in [1.29, 1.82) is 0 Å². The number of methoxy groups -OCH3 is 1. The van der Waals surface area contributed by atoms with E-state index < -0.39 is 17.2 Å². The summed E-state index contributed by atoms with van der Waals surface area (Å²) in [5.74, 6) is 0.625. The molecule has 8 rings (SSSR count). The first-order valence-corrected chi connectivity index (χ1v) is 16.6. The highest BCUT2D eigenvalue weighted by Gasteiger charge is 2.82. The van der Waals surface area contributed by atoms with Crippen LogP contribution >= 0.6 is 0 Å². The van der Waals surface area contributed by atoms with E-state index >= 15 is 0 Å². The predicted molar refractivity (Wildman–Crippen MR) is 160 cm³/mol. The average molecular weight is 596 g/mol. The van der Waals surface area contributed by atoms with Gasteiger partial charge in [0.05, 0.1) is 5.60 Å². The van der Waals surface area contributed by atoms with Crippen LogP contribution in [0.1, 0.15) is 103 Å². The minimum atomic E-state index is -0.989. The van der Waals surface area contributed by atoms with E-state index in [1.54, 1.807) is 7.11 Å². The summed E-state index contributed by atoms with van der Waals surface area (Å²) in [6, 6.07) is 4.44. The van der Waals surface area contributed by atoms with Gasteiger partial charge in [-0.05, 0) is 94.2 Å². The first-order valence-electron chi connectivity index (χ1n) is 16.6. The van der Waals surface area contributed by atoms with E-state index in [1.165, 1.54) is 24.0 Å². The molecule has 5 aliphatic carbocycles. The highest BCUT2D eigenvalue weighted by atomic mass is 16.6. The molecule has 1 aromatic rings. The highest BCUT2D eigenvalue weighted by molar-refractivity contribution is 5.75. The van der Waals surface area contributed by atoms with Crippen LogP contribution in [0, 0.1) is 22.7 Å². The molecule has 2 heterocycles. The molecule has 5 fully saturated rings. The summed E-state index contributed by atoms with van der Waals surface area (Å²) in [7, 11) is 1.80. The standard InChI is InChI=1S/C35H49NO7/c1-31(2,3)32(4,40)24-19-33-14-15-35(24,41-5)30-34(33)16-17-36(20-21-10-11-21)25(33)18-22-12-13-23(29(43-30)28(22)34)42-27(39)9-7-6-8-26(37)38/h12-13,21,24-25,30,40H,6-11,14-20H2,1-5H3,(H,37,38)/t24-,25-,30-,32+,33-,34+,35?/m1/s1. The zero-order valence-corrected chi connectivity index (χ0v) is 26.5. The van der Waals surface area contributed by atoms with E-state index in [1.807, 2.05) is 13.0 Å². The Morgan fingerprint density at radius 1 is 1.09 bits per heavy atom. The lowest BCUT2D eigenvalue weighted by Gasteiger charge is -2.75. The SMILES string of the molecule is COC12CC[C@@]3(C[C@@H]1[C@](C)(O)C(C)(C)C)[C@H]1Cc4ccc(OC(=O)CCCCC(=O)O)c5c4[C@@]3(CCN1CC1CC1)[C@H]2O5. The number of carboxylic acid groups (broad SMARTS) is 1. The Balaban J connectivity index is 1.32. The number of unbranched alkanes of at least 4 members (excludes halogenated alkanes) is 1. The third-order valence-corrected chi connectivity index (χ3v) is 13.1. The number of hydrogen-bond donors (Lipinski definition) is 2. The van der Waals surface area contributed by atoms with E-state index in [0.29, 0.717) is 30.4 Å². The first-order chi connectivity index (χ1) is 20.3. The fraction of sp³-hybridized carbons (Fsp3) is 0.771. The summed E-state index contributed by atoms with van der Waals surface area (Å²) in [5, 5.41) is 21.3. The van der Waals surface area contributed by atoms with Crippen molar-refractivity contribution in [3.05, 3.63) is 23.3 Å². The van der Waals surface area contributed by atoms with E-state index in [-0.39, 0.29) is 47.1 Å². The van der Waals surface area contributed by atoms with Gasteiger partial charge in [-0.2, -0.15) is 0 Å². The summed E-state index contributed by atoms with van der Waals surface area (Å²) >= 11 is 0.